The summed E-state index contributed by atoms with van der Waals surface area (Å²) in [5.74, 6) is -0.192. The molecular weight excluding hydrogens is 273 g/mol. The van der Waals surface area contributed by atoms with Gasteiger partial charge in [0.1, 0.15) is 0 Å². The van der Waals surface area contributed by atoms with E-state index >= 15 is 0 Å². The number of benzene rings is 1. The third-order valence-corrected chi connectivity index (χ3v) is 3.41. The molecule has 1 aromatic carbocycles. The van der Waals surface area contributed by atoms with Gasteiger partial charge in [0.2, 0.25) is 5.91 Å². The van der Waals surface area contributed by atoms with Crippen molar-refractivity contribution >= 4 is 35.2 Å². The van der Waals surface area contributed by atoms with Gasteiger partial charge in [0.05, 0.1) is 6.10 Å². The number of hydrogen-bond acceptors (Lipinski definition) is 2. The fourth-order valence-corrected chi connectivity index (χ4v) is 2.12. The Morgan fingerprint density at radius 3 is 2.78 bits per heavy atom. The molecule has 0 bridgehead atoms. The molecule has 3 nitrogen and oxygen atoms in total. The molecule has 18 heavy (non-hydrogen) atoms. The zero-order chi connectivity index (χ0) is 13.1. The molecule has 0 aliphatic heterocycles. The Balaban J connectivity index is 1.93. The summed E-state index contributed by atoms with van der Waals surface area (Å²) in [4.78, 5) is 11.6. The van der Waals surface area contributed by atoms with Crippen molar-refractivity contribution in [2.75, 3.05) is 0 Å². The molecule has 0 saturated heterocycles. The highest BCUT2D eigenvalue weighted by Crippen LogP contribution is 2.22. The number of aliphatic hydroxyl groups is 1. The van der Waals surface area contributed by atoms with E-state index in [1.54, 1.807) is 24.3 Å². The van der Waals surface area contributed by atoms with Crippen LogP contribution in [0.15, 0.2) is 24.3 Å². The van der Waals surface area contributed by atoms with Crippen LogP contribution in [-0.2, 0) is 4.79 Å². The van der Waals surface area contributed by atoms with Crippen LogP contribution < -0.4 is 5.32 Å². The van der Waals surface area contributed by atoms with Crippen LogP contribution in [0.4, 0.5) is 0 Å². The number of nitrogens with one attached hydrogen (secondary N) is 1. The Hall–Kier alpha value is -1.03. The van der Waals surface area contributed by atoms with Crippen molar-refractivity contribution in [2.24, 2.45) is 0 Å². The molecule has 1 amide bonds. The topological polar surface area (TPSA) is 49.3 Å². The standard InChI is InChI=1S/C13H13Cl2NO2/c14-9-2-3-12(15)8(5-9)1-4-13(18)16-10-6-11(17)7-10/h1-5,10-11,17H,6-7H2,(H,16,18). The van der Waals surface area contributed by atoms with Crippen molar-refractivity contribution in [3.8, 4) is 0 Å². The number of amides is 1. The zero-order valence-electron chi connectivity index (χ0n) is 9.57. The van der Waals surface area contributed by atoms with Gasteiger partial charge in [-0.25, -0.2) is 0 Å². The lowest BCUT2D eigenvalue weighted by molar-refractivity contribution is -0.118. The number of halogens is 2. The van der Waals surface area contributed by atoms with Crippen LogP contribution in [0, 0.1) is 0 Å². The first kappa shape index (κ1) is 13.4. The quantitative estimate of drug-likeness (QED) is 0.839. The molecule has 5 heteroatoms. The Labute approximate surface area is 115 Å². The van der Waals surface area contributed by atoms with E-state index in [2.05, 4.69) is 5.32 Å². The summed E-state index contributed by atoms with van der Waals surface area (Å²) >= 11 is 11.8. The molecule has 0 spiro atoms. The van der Waals surface area contributed by atoms with Crippen LogP contribution in [0.3, 0.4) is 0 Å². The average molecular weight is 286 g/mol. The van der Waals surface area contributed by atoms with Crippen LogP contribution >= 0.6 is 23.2 Å². The Bertz CT molecular complexity index is 482. The monoisotopic (exact) mass is 285 g/mol. The van der Waals surface area contributed by atoms with E-state index in [0.717, 1.165) is 0 Å². The van der Waals surface area contributed by atoms with Gasteiger partial charge >= 0.3 is 0 Å². The lowest BCUT2D eigenvalue weighted by atomic mass is 9.89. The maximum Gasteiger partial charge on any atom is 0.244 e. The predicted octanol–water partition coefficient (Wildman–Crippen LogP) is 2.65. The van der Waals surface area contributed by atoms with Crippen molar-refractivity contribution in [1.82, 2.24) is 5.32 Å². The normalized spacial score (nSPS) is 22.8. The molecular formula is C13H13Cl2NO2. The maximum absolute atomic E-state index is 11.6. The third-order valence-electron chi connectivity index (χ3n) is 2.83. The number of hydrogen-bond donors (Lipinski definition) is 2. The van der Waals surface area contributed by atoms with E-state index in [4.69, 9.17) is 28.3 Å². The molecule has 0 unspecified atom stereocenters. The molecule has 1 saturated carbocycles. The number of carbonyl (C=O) groups excluding carboxylic acids is 1. The van der Waals surface area contributed by atoms with Gasteiger partial charge in [-0.3, -0.25) is 4.79 Å². The maximum atomic E-state index is 11.6. The largest absolute Gasteiger partial charge is 0.393 e. The minimum absolute atomic E-state index is 0.0759. The Morgan fingerprint density at radius 1 is 1.39 bits per heavy atom. The molecule has 2 rings (SSSR count). The summed E-state index contributed by atoms with van der Waals surface area (Å²) < 4.78 is 0. The van der Waals surface area contributed by atoms with Crippen molar-refractivity contribution < 1.29 is 9.90 Å². The second-order valence-electron chi connectivity index (χ2n) is 4.33. The average Bonchev–Trinajstić information content (AvgIpc) is 2.28. The predicted molar refractivity (Wildman–Crippen MR) is 72.7 cm³/mol. The van der Waals surface area contributed by atoms with E-state index < -0.39 is 0 Å². The summed E-state index contributed by atoms with van der Waals surface area (Å²) in [6.07, 6.45) is 4.01. The highest BCUT2D eigenvalue weighted by molar-refractivity contribution is 6.34. The van der Waals surface area contributed by atoms with Gasteiger partial charge in [-0.1, -0.05) is 23.2 Å². The molecule has 0 radical (unpaired) electrons. The highest BCUT2D eigenvalue weighted by atomic mass is 35.5. The Morgan fingerprint density at radius 2 is 2.11 bits per heavy atom. The SMILES string of the molecule is O=C(C=Cc1cc(Cl)ccc1Cl)NC1CC(O)C1. The van der Waals surface area contributed by atoms with Crippen molar-refractivity contribution in [2.45, 2.75) is 25.0 Å². The molecule has 1 aliphatic rings. The van der Waals surface area contributed by atoms with Crippen LogP contribution in [0.1, 0.15) is 18.4 Å². The molecule has 96 valence electrons. The molecule has 0 atom stereocenters. The van der Waals surface area contributed by atoms with E-state index in [9.17, 15) is 4.79 Å². The first-order chi connectivity index (χ1) is 8.54. The van der Waals surface area contributed by atoms with Crippen LogP contribution in [0.5, 0.6) is 0 Å². The van der Waals surface area contributed by atoms with Crippen LogP contribution in [-0.4, -0.2) is 23.2 Å². The van der Waals surface area contributed by atoms with Crippen molar-refractivity contribution in [1.29, 1.82) is 0 Å². The van der Waals surface area contributed by atoms with E-state index in [0.29, 0.717) is 28.5 Å². The molecule has 1 aliphatic carbocycles. The first-order valence-electron chi connectivity index (χ1n) is 5.66. The summed E-state index contributed by atoms with van der Waals surface area (Å²) in [6.45, 7) is 0. The number of carbonyl (C=O) groups is 1. The molecule has 1 fully saturated rings. The zero-order valence-corrected chi connectivity index (χ0v) is 11.1. The van der Waals surface area contributed by atoms with Gasteiger partial charge in [-0.15, -0.1) is 0 Å². The second kappa shape index (κ2) is 5.74. The van der Waals surface area contributed by atoms with Crippen molar-refractivity contribution in [3.05, 3.63) is 39.9 Å². The highest BCUT2D eigenvalue weighted by Gasteiger charge is 2.27. The molecule has 0 heterocycles. The van der Waals surface area contributed by atoms with Crippen LogP contribution in [0.25, 0.3) is 6.08 Å². The number of rotatable bonds is 3. The summed E-state index contributed by atoms with van der Waals surface area (Å²) in [5, 5.41) is 13.0. The van der Waals surface area contributed by atoms with Gasteiger partial charge in [0, 0.05) is 22.2 Å². The summed E-state index contributed by atoms with van der Waals surface area (Å²) in [6, 6.07) is 5.15. The number of aliphatic hydroxyl groups excluding tert-OH is 1. The molecule has 1 aromatic rings. The van der Waals surface area contributed by atoms with Crippen molar-refractivity contribution in [3.63, 3.8) is 0 Å². The fourth-order valence-electron chi connectivity index (χ4n) is 1.76. The van der Waals surface area contributed by atoms with Crippen LogP contribution in [0.2, 0.25) is 10.0 Å². The summed E-state index contributed by atoms with van der Waals surface area (Å²) in [7, 11) is 0. The minimum Gasteiger partial charge on any atom is -0.393 e. The first-order valence-corrected chi connectivity index (χ1v) is 6.42. The third kappa shape index (κ3) is 3.48. The van der Waals surface area contributed by atoms with E-state index in [1.807, 2.05) is 0 Å². The lowest BCUT2D eigenvalue weighted by Gasteiger charge is -2.31. The second-order valence-corrected chi connectivity index (χ2v) is 5.17. The van der Waals surface area contributed by atoms with E-state index in [-0.39, 0.29) is 18.1 Å². The molecule has 2 N–H and O–H groups in total. The summed E-state index contributed by atoms with van der Waals surface area (Å²) in [5.41, 5.74) is 0.702. The van der Waals surface area contributed by atoms with Gasteiger partial charge in [-0.05, 0) is 42.7 Å². The lowest BCUT2D eigenvalue weighted by Crippen LogP contribution is -2.46. The van der Waals surface area contributed by atoms with Gasteiger partial charge in [0.15, 0.2) is 0 Å². The minimum atomic E-state index is -0.276. The smallest absolute Gasteiger partial charge is 0.244 e. The van der Waals surface area contributed by atoms with Gasteiger partial charge < -0.3 is 10.4 Å². The molecule has 0 aromatic heterocycles. The van der Waals surface area contributed by atoms with Gasteiger partial charge in [-0.2, -0.15) is 0 Å². The Kier molecular flexibility index (Phi) is 4.27. The van der Waals surface area contributed by atoms with Gasteiger partial charge in [0.25, 0.3) is 0 Å². The van der Waals surface area contributed by atoms with E-state index in [1.165, 1.54) is 6.08 Å². The fraction of sp³-hybridized carbons (Fsp3) is 0.308.